The number of nitrogens with zero attached hydrogens (tertiary/aromatic N) is 3. The molecule has 1 atom stereocenters. The van der Waals surface area contributed by atoms with E-state index in [1.165, 1.54) is 96.7 Å². The van der Waals surface area contributed by atoms with Gasteiger partial charge < -0.3 is 14.2 Å². The first-order valence-electron chi connectivity index (χ1n) is 34.7. The molecule has 0 radical (unpaired) electrons. The van der Waals surface area contributed by atoms with E-state index in [2.05, 4.69) is 179 Å². The van der Waals surface area contributed by atoms with Crippen molar-refractivity contribution in [2.24, 2.45) is 15.0 Å². The molecular weight excluding hydrogens is 1150 g/mol. The molecule has 9 aromatic carbocycles. The quantitative estimate of drug-likeness (QED) is 0.0714. The Kier molecular flexibility index (Phi) is 21.5. The van der Waals surface area contributed by atoms with Crippen molar-refractivity contribution in [1.29, 1.82) is 0 Å². The average molecular weight is 1240 g/mol. The highest BCUT2D eigenvalue weighted by atomic mass is 16.5. The molecule has 0 aromatic heterocycles. The van der Waals surface area contributed by atoms with Crippen molar-refractivity contribution in [1.82, 2.24) is 0 Å². The molecule has 9 aromatic rings. The molecule has 1 unspecified atom stereocenters. The van der Waals surface area contributed by atoms with Crippen LogP contribution in [0, 0.1) is 20.8 Å². The van der Waals surface area contributed by atoms with Gasteiger partial charge in [0.1, 0.15) is 17.2 Å². The summed E-state index contributed by atoms with van der Waals surface area (Å²) in [6.45, 7) is 9.53. The summed E-state index contributed by atoms with van der Waals surface area (Å²) in [7, 11) is 5.62. The molecular formula is C88H91N3O3. The van der Waals surface area contributed by atoms with Gasteiger partial charge in [-0.25, -0.2) is 15.0 Å². The minimum Gasteiger partial charge on any atom is -0.496 e. The van der Waals surface area contributed by atoms with Crippen molar-refractivity contribution >= 4 is 51.4 Å². The first kappa shape index (κ1) is 64.8. The van der Waals surface area contributed by atoms with Crippen LogP contribution in [0.25, 0.3) is 16.7 Å². The molecule has 3 aliphatic carbocycles. The number of aliphatic imine (C=N–C) groups is 3. The molecule has 0 bridgehead atoms. The van der Waals surface area contributed by atoms with Gasteiger partial charge in [-0.2, -0.15) is 0 Å². The Labute approximate surface area is 559 Å². The first-order chi connectivity index (χ1) is 46.2. The Hall–Kier alpha value is -9.27. The van der Waals surface area contributed by atoms with Gasteiger partial charge in [-0.1, -0.05) is 229 Å². The van der Waals surface area contributed by atoms with E-state index in [4.69, 9.17) is 29.2 Å². The van der Waals surface area contributed by atoms with E-state index in [0.717, 1.165) is 140 Å². The van der Waals surface area contributed by atoms with Crippen molar-refractivity contribution in [3.05, 3.63) is 284 Å². The van der Waals surface area contributed by atoms with Crippen molar-refractivity contribution in [3.8, 4) is 17.2 Å². The van der Waals surface area contributed by atoms with E-state index in [1.54, 1.807) is 0 Å². The van der Waals surface area contributed by atoms with Gasteiger partial charge in [0.15, 0.2) is 0 Å². The molecule has 0 heterocycles. The lowest BCUT2D eigenvalue weighted by Crippen LogP contribution is -2.18. The van der Waals surface area contributed by atoms with Crippen LogP contribution in [0.1, 0.15) is 223 Å². The van der Waals surface area contributed by atoms with Gasteiger partial charge in [0.25, 0.3) is 0 Å². The second kappa shape index (κ2) is 31.1. The zero-order chi connectivity index (χ0) is 64.8. The molecule has 0 saturated heterocycles. The fourth-order valence-electron chi connectivity index (χ4n) is 15.7. The Morgan fingerprint density at radius 3 is 0.894 bits per heavy atom. The second-order valence-electron chi connectivity index (χ2n) is 26.4. The van der Waals surface area contributed by atoms with Gasteiger partial charge >= 0.3 is 0 Å². The predicted molar refractivity (Wildman–Crippen MR) is 393 cm³/mol. The fourth-order valence-corrected chi connectivity index (χ4v) is 15.7. The Morgan fingerprint density at radius 1 is 0.362 bits per heavy atom. The van der Waals surface area contributed by atoms with Crippen molar-refractivity contribution < 1.29 is 14.2 Å². The van der Waals surface area contributed by atoms with Gasteiger partial charge in [-0.15, -0.1) is 0 Å². The van der Waals surface area contributed by atoms with E-state index >= 15 is 0 Å². The van der Waals surface area contributed by atoms with Crippen LogP contribution in [0.2, 0.25) is 0 Å². The average Bonchev–Trinajstić information content (AvgIpc) is 0.751. The van der Waals surface area contributed by atoms with Crippen LogP contribution in [-0.4, -0.2) is 38.9 Å². The van der Waals surface area contributed by atoms with Gasteiger partial charge in [0.05, 0.1) is 55.1 Å². The molecule has 6 nitrogen and oxygen atoms in total. The molecule has 0 amide bonds. The van der Waals surface area contributed by atoms with E-state index in [1.807, 2.05) is 88.1 Å². The molecule has 0 spiro atoms. The van der Waals surface area contributed by atoms with Crippen molar-refractivity contribution in [2.75, 3.05) is 21.3 Å². The third kappa shape index (κ3) is 14.4. The van der Waals surface area contributed by atoms with Crippen LogP contribution in [0.4, 0.5) is 17.1 Å². The smallest absolute Gasteiger partial charge is 0.131 e. The summed E-state index contributed by atoms with van der Waals surface area (Å²) in [5.41, 5.74) is 22.8. The molecule has 0 aliphatic heterocycles. The lowest BCUT2D eigenvalue weighted by molar-refractivity contribution is 0.384. The zero-order valence-corrected chi connectivity index (χ0v) is 56.3. The Bertz CT molecular complexity index is 4070. The minimum absolute atomic E-state index is 0.0128. The fraction of sp³-hybridized carbons (Fsp3) is 0.318. The van der Waals surface area contributed by atoms with Crippen molar-refractivity contribution in [3.63, 3.8) is 0 Å². The maximum atomic E-state index is 6.93. The van der Waals surface area contributed by atoms with Gasteiger partial charge in [0, 0.05) is 22.6 Å². The summed E-state index contributed by atoms with van der Waals surface area (Å²) in [5.74, 6) is 14.7. The predicted octanol–water partition coefficient (Wildman–Crippen LogP) is 23.4. The van der Waals surface area contributed by atoms with Gasteiger partial charge in [-0.3, -0.25) is 0 Å². The maximum Gasteiger partial charge on any atom is 0.131 e. The molecule has 476 valence electrons. The van der Waals surface area contributed by atoms with Crippen LogP contribution < -0.4 is 14.2 Å². The SMILES string of the molecule is COc1c(C2CCCCC2)cc(C(C)CC(c2cc(C3CCCCC3)c(OC)c(C(=C=Nc3ccccc3)c3ccccc3)c2C)c2cc(C3CCCCC3)c(OC)c(C(=C=Nc3ccccc3)c3ccccc3)c2C)c(C)c1C(=C=Nc1ccccc1)c1ccccc1. The molecule has 3 fully saturated rings. The maximum absolute atomic E-state index is 6.93. The molecule has 3 aliphatic rings. The monoisotopic (exact) mass is 1240 g/mol. The number of benzene rings is 9. The normalized spacial score (nSPS) is 15.1. The summed E-state index contributed by atoms with van der Waals surface area (Å²) < 4.78 is 20.7. The first-order valence-corrected chi connectivity index (χ1v) is 34.7. The molecule has 94 heavy (non-hydrogen) atoms. The number of rotatable bonds is 20. The topological polar surface area (TPSA) is 64.8 Å². The summed E-state index contributed by atoms with van der Waals surface area (Å²) >= 11 is 0. The molecule has 6 heteroatoms. The highest BCUT2D eigenvalue weighted by molar-refractivity contribution is 6.04. The Morgan fingerprint density at radius 2 is 0.617 bits per heavy atom. The summed E-state index contributed by atoms with van der Waals surface area (Å²) in [4.78, 5) is 15.5. The van der Waals surface area contributed by atoms with Gasteiger partial charge in [-0.05, 0) is 210 Å². The van der Waals surface area contributed by atoms with Crippen LogP contribution in [0.5, 0.6) is 17.2 Å². The number of ether oxygens (including phenoxy) is 3. The van der Waals surface area contributed by atoms with E-state index in [0.29, 0.717) is 17.8 Å². The van der Waals surface area contributed by atoms with E-state index in [9.17, 15) is 0 Å². The highest BCUT2D eigenvalue weighted by Gasteiger charge is 2.36. The van der Waals surface area contributed by atoms with Gasteiger partial charge in [0.2, 0.25) is 0 Å². The number of hydrogen-bond acceptors (Lipinski definition) is 6. The van der Waals surface area contributed by atoms with Crippen LogP contribution >= 0.6 is 0 Å². The third-order valence-corrected chi connectivity index (χ3v) is 20.5. The number of hydrogen-bond donors (Lipinski definition) is 0. The van der Waals surface area contributed by atoms with Crippen LogP contribution in [-0.2, 0) is 0 Å². The molecule has 3 saturated carbocycles. The summed E-state index contributed by atoms with van der Waals surface area (Å²) in [6.07, 6.45) is 18.2. The lowest BCUT2D eigenvalue weighted by atomic mass is 9.71. The van der Waals surface area contributed by atoms with E-state index in [-0.39, 0.29) is 11.8 Å². The standard InChI is InChI=1S/C88H91N3O3/c1-60(73-54-76(64-35-17-8-18-36-64)86(92-5)83(61(73)2)80(67-41-23-11-24-42-67)57-89-70-47-29-14-30-48-70)53-79(74-55-77(65-37-19-9-20-38-65)87(93-6)84(62(74)3)81(68-43-25-12-26-44-68)58-90-71-49-31-15-32-50-71)75-56-78(66-39-21-10-22-40-66)88(94-7)85(63(75)4)82(69-45-27-13-28-46-69)59-91-72-51-33-16-34-52-72/h11-16,23-34,41-52,54-56,60,64-66,79H,8-10,17-22,35-40,53H2,1-7H3. The minimum atomic E-state index is -0.160. The Balaban J connectivity index is 1.19. The van der Waals surface area contributed by atoms with Crippen molar-refractivity contribution in [2.45, 2.75) is 160 Å². The second-order valence-corrected chi connectivity index (χ2v) is 26.4. The van der Waals surface area contributed by atoms with Crippen LogP contribution in [0.15, 0.2) is 215 Å². The summed E-state index contributed by atoms with van der Waals surface area (Å²) in [5, 5.41) is 0. The molecule has 0 N–H and O–H groups in total. The largest absolute Gasteiger partial charge is 0.496 e. The number of para-hydroxylation sites is 3. The number of methoxy groups -OCH3 is 3. The zero-order valence-electron chi connectivity index (χ0n) is 56.3. The lowest BCUT2D eigenvalue weighted by Gasteiger charge is -2.34. The highest BCUT2D eigenvalue weighted by Crippen LogP contribution is 2.53. The summed E-state index contributed by atoms with van der Waals surface area (Å²) in [6, 6.07) is 70.7. The van der Waals surface area contributed by atoms with Crippen LogP contribution in [0.3, 0.4) is 0 Å². The molecule has 12 rings (SSSR count). The third-order valence-electron chi connectivity index (χ3n) is 20.5. The van der Waals surface area contributed by atoms with E-state index < -0.39 is 0 Å².